The van der Waals surface area contributed by atoms with Crippen molar-refractivity contribution in [3.63, 3.8) is 0 Å². The molecule has 4 rings (SSSR count). The second-order valence-electron chi connectivity index (χ2n) is 6.61. The van der Waals surface area contributed by atoms with Crippen LogP contribution in [0.3, 0.4) is 0 Å². The molecule has 3 atom stereocenters. The molecule has 110 valence electrons. The van der Waals surface area contributed by atoms with Crippen molar-refractivity contribution in [3.8, 4) is 11.1 Å². The van der Waals surface area contributed by atoms with Crippen LogP contribution < -0.4 is 0 Å². The predicted molar refractivity (Wildman–Crippen MR) is 93.6 cm³/mol. The monoisotopic (exact) mass is 287 g/mol. The zero-order valence-electron chi connectivity index (χ0n) is 13.2. The van der Waals surface area contributed by atoms with Crippen LogP contribution in [0.4, 0.5) is 0 Å². The fourth-order valence-corrected chi connectivity index (χ4v) is 3.64. The van der Waals surface area contributed by atoms with Gasteiger partial charge in [0.05, 0.1) is 11.6 Å². The Balaban J connectivity index is 1.80. The van der Waals surface area contributed by atoms with Crippen LogP contribution in [0.2, 0.25) is 0 Å². The summed E-state index contributed by atoms with van der Waals surface area (Å²) in [5.41, 5.74) is 6.96. The molecule has 2 heterocycles. The van der Waals surface area contributed by atoms with Crippen molar-refractivity contribution in [3.05, 3.63) is 77.9 Å². The predicted octanol–water partition coefficient (Wildman–Crippen LogP) is 5.07. The fraction of sp³-hybridized carbons (Fsp3) is 0.238. The second kappa shape index (κ2) is 4.69. The van der Waals surface area contributed by atoms with Crippen molar-refractivity contribution < 1.29 is 0 Å². The second-order valence-corrected chi connectivity index (χ2v) is 6.61. The average Bonchev–Trinajstić information content (AvgIpc) is 3.19. The lowest BCUT2D eigenvalue weighted by Crippen LogP contribution is -2.11. The average molecular weight is 287 g/mol. The van der Waals surface area contributed by atoms with E-state index in [2.05, 4.69) is 79.9 Å². The lowest BCUT2D eigenvalue weighted by atomic mass is 9.94. The van der Waals surface area contributed by atoms with Gasteiger partial charge in [0.2, 0.25) is 0 Å². The molecule has 0 spiro atoms. The highest BCUT2D eigenvalue weighted by Gasteiger charge is 2.56. The molecule has 1 heteroatoms. The number of benzene rings is 2. The van der Waals surface area contributed by atoms with E-state index in [1.807, 2.05) is 6.08 Å². The van der Waals surface area contributed by atoms with E-state index in [1.54, 1.807) is 0 Å². The molecule has 2 aromatic carbocycles. The summed E-state index contributed by atoms with van der Waals surface area (Å²) in [5, 5.41) is 0. The van der Waals surface area contributed by atoms with E-state index >= 15 is 0 Å². The maximum Gasteiger partial charge on any atom is 0.0550 e. The normalized spacial score (nSPS) is 28.9. The first-order valence-electron chi connectivity index (χ1n) is 7.91. The Labute approximate surface area is 132 Å². The zero-order chi connectivity index (χ0) is 15.3. The van der Waals surface area contributed by atoms with E-state index in [4.69, 9.17) is 0 Å². The third-order valence-electron chi connectivity index (χ3n) is 5.33. The number of fused-ring (bicyclic) bond motifs is 1. The molecule has 0 saturated carbocycles. The molecule has 0 radical (unpaired) electrons. The fourth-order valence-electron chi connectivity index (χ4n) is 3.64. The largest absolute Gasteiger partial charge is 0.280 e. The molecular weight excluding hydrogens is 266 g/mol. The summed E-state index contributed by atoms with van der Waals surface area (Å²) in [6.45, 7) is 9.77. The summed E-state index contributed by atoms with van der Waals surface area (Å²) in [7, 11) is 0. The Morgan fingerprint density at radius 2 is 1.91 bits per heavy atom. The highest BCUT2D eigenvalue weighted by atomic mass is 15.4. The molecule has 0 amide bonds. The van der Waals surface area contributed by atoms with Crippen molar-refractivity contribution in [2.24, 2.45) is 0 Å². The van der Waals surface area contributed by atoms with Crippen LogP contribution in [0, 0.1) is 0 Å². The molecule has 0 bridgehead atoms. The van der Waals surface area contributed by atoms with Gasteiger partial charge in [-0.1, -0.05) is 66.8 Å². The van der Waals surface area contributed by atoms with E-state index in [0.717, 1.165) is 0 Å². The summed E-state index contributed by atoms with van der Waals surface area (Å²) in [4.78, 5) is 2.57. The summed E-state index contributed by atoms with van der Waals surface area (Å²) in [6, 6.07) is 17.7. The Kier molecular flexibility index (Phi) is 2.88. The van der Waals surface area contributed by atoms with Gasteiger partial charge in [-0.05, 0) is 42.2 Å². The molecule has 2 aliphatic rings. The van der Waals surface area contributed by atoms with Gasteiger partial charge in [0.25, 0.3) is 0 Å². The first-order chi connectivity index (χ1) is 10.6. The van der Waals surface area contributed by atoms with Gasteiger partial charge in [-0.15, -0.1) is 0 Å². The van der Waals surface area contributed by atoms with Gasteiger partial charge in [0, 0.05) is 6.54 Å². The molecule has 1 fully saturated rings. The van der Waals surface area contributed by atoms with Gasteiger partial charge < -0.3 is 0 Å². The molecule has 0 aromatic heterocycles. The van der Waals surface area contributed by atoms with Crippen molar-refractivity contribution in [1.29, 1.82) is 0 Å². The lowest BCUT2D eigenvalue weighted by Gasteiger charge is -2.17. The summed E-state index contributed by atoms with van der Waals surface area (Å²) < 4.78 is 0. The topological polar surface area (TPSA) is 3.01 Å². The summed E-state index contributed by atoms with van der Waals surface area (Å²) in [5.74, 6) is 0. The minimum absolute atomic E-state index is 0.297. The minimum Gasteiger partial charge on any atom is -0.280 e. The van der Waals surface area contributed by atoms with Crippen LogP contribution in [0.5, 0.6) is 0 Å². The minimum atomic E-state index is 0.297. The smallest absolute Gasteiger partial charge is 0.0550 e. The Morgan fingerprint density at radius 3 is 2.50 bits per heavy atom. The molecule has 3 unspecified atom stereocenters. The molecule has 22 heavy (non-hydrogen) atoms. The first-order valence-corrected chi connectivity index (χ1v) is 7.91. The third-order valence-corrected chi connectivity index (χ3v) is 5.33. The van der Waals surface area contributed by atoms with Gasteiger partial charge in [0.1, 0.15) is 0 Å². The third kappa shape index (κ3) is 1.89. The molecular formula is C21H21N. The highest BCUT2D eigenvalue weighted by Crippen LogP contribution is 2.53. The van der Waals surface area contributed by atoms with E-state index in [9.17, 15) is 0 Å². The van der Waals surface area contributed by atoms with E-state index in [1.165, 1.54) is 34.4 Å². The van der Waals surface area contributed by atoms with Gasteiger partial charge in [-0.25, -0.2) is 0 Å². The van der Waals surface area contributed by atoms with Crippen LogP contribution in [0.25, 0.3) is 17.2 Å². The van der Waals surface area contributed by atoms with Crippen LogP contribution >= 0.6 is 0 Å². The molecule has 2 aromatic rings. The molecule has 0 N–H and O–H groups in total. The van der Waals surface area contributed by atoms with Gasteiger partial charge in [-0.3, -0.25) is 4.90 Å². The Morgan fingerprint density at radius 1 is 1.14 bits per heavy atom. The Hall–Kier alpha value is -2.12. The maximum atomic E-state index is 4.00. The van der Waals surface area contributed by atoms with Gasteiger partial charge in [0.15, 0.2) is 0 Å². The lowest BCUT2D eigenvalue weighted by molar-refractivity contribution is 0.437. The van der Waals surface area contributed by atoms with Crippen molar-refractivity contribution in [2.75, 3.05) is 6.54 Å². The number of nitrogens with zero attached hydrogens (tertiary/aromatic N) is 1. The van der Waals surface area contributed by atoms with Crippen molar-refractivity contribution in [1.82, 2.24) is 4.90 Å². The molecule has 2 aliphatic heterocycles. The van der Waals surface area contributed by atoms with Gasteiger partial charge >= 0.3 is 0 Å². The van der Waals surface area contributed by atoms with E-state index in [-0.39, 0.29) is 0 Å². The van der Waals surface area contributed by atoms with Crippen LogP contribution in [0.1, 0.15) is 31.0 Å². The van der Waals surface area contributed by atoms with E-state index in [0.29, 0.717) is 11.6 Å². The van der Waals surface area contributed by atoms with Gasteiger partial charge in [-0.2, -0.15) is 0 Å². The van der Waals surface area contributed by atoms with Crippen molar-refractivity contribution >= 4 is 6.08 Å². The highest BCUT2D eigenvalue weighted by molar-refractivity contribution is 5.68. The quantitative estimate of drug-likeness (QED) is 0.562. The maximum absolute atomic E-state index is 4.00. The van der Waals surface area contributed by atoms with E-state index < -0.39 is 0 Å². The zero-order valence-corrected chi connectivity index (χ0v) is 13.2. The molecule has 1 nitrogen and oxygen atoms in total. The SMILES string of the molecule is C=Cc1ccc(-c2ccccc2)cc1C1C=C(C)C2(C)CN12. The summed E-state index contributed by atoms with van der Waals surface area (Å²) in [6.07, 6.45) is 4.40. The number of hydrogen-bond donors (Lipinski definition) is 0. The molecule has 0 aliphatic carbocycles. The van der Waals surface area contributed by atoms with Crippen LogP contribution in [-0.2, 0) is 0 Å². The standard InChI is InChI=1S/C21H21N/c1-4-16-10-11-18(17-8-6-5-7-9-17)13-19(16)20-12-15(2)21(3)14-22(20)21/h4-13,20H,1,14H2,2-3H3. The summed E-state index contributed by atoms with van der Waals surface area (Å²) >= 11 is 0. The first kappa shape index (κ1) is 13.5. The number of hydrogen-bond acceptors (Lipinski definition) is 1. The Bertz CT molecular complexity index is 772. The van der Waals surface area contributed by atoms with Crippen molar-refractivity contribution in [2.45, 2.75) is 25.4 Å². The van der Waals surface area contributed by atoms with Crippen LogP contribution in [0.15, 0.2) is 66.8 Å². The molecule has 1 saturated heterocycles. The number of rotatable bonds is 3. The van der Waals surface area contributed by atoms with Crippen LogP contribution in [-0.4, -0.2) is 17.0 Å².